The van der Waals surface area contributed by atoms with E-state index in [1.807, 2.05) is 49.1 Å². The molecule has 0 aliphatic carbocycles. The summed E-state index contributed by atoms with van der Waals surface area (Å²) >= 11 is 12.9. The molecule has 2 unspecified atom stereocenters. The maximum atomic E-state index is 11.9. The number of carboxylic acids is 1. The Bertz CT molecular complexity index is 874. The highest BCUT2D eigenvalue weighted by molar-refractivity contribution is 6.42. The number of hydrogen-bond donors (Lipinski definition) is 1. The molecular formula is C22H25Cl2NO4. The van der Waals surface area contributed by atoms with E-state index < -0.39 is 12.0 Å². The van der Waals surface area contributed by atoms with Gasteiger partial charge in [-0.15, -0.1) is 0 Å². The second kappa shape index (κ2) is 9.70. The Labute approximate surface area is 181 Å². The number of aliphatic carboxylic acids is 1. The molecule has 29 heavy (non-hydrogen) atoms. The summed E-state index contributed by atoms with van der Waals surface area (Å²) in [6, 6.07) is 10.2. The van der Waals surface area contributed by atoms with Gasteiger partial charge < -0.3 is 14.6 Å². The van der Waals surface area contributed by atoms with Crippen LogP contribution in [0.15, 0.2) is 36.4 Å². The fourth-order valence-electron chi connectivity index (χ4n) is 3.88. The second-order valence-corrected chi connectivity index (χ2v) is 7.64. The van der Waals surface area contributed by atoms with Crippen LogP contribution in [0.4, 0.5) is 0 Å². The predicted octanol–water partition coefficient (Wildman–Crippen LogP) is 5.43. The number of nitrogens with zero attached hydrogens (tertiary/aromatic N) is 1. The molecule has 156 valence electrons. The minimum Gasteiger partial charge on any atom is -0.490 e. The van der Waals surface area contributed by atoms with Crippen LogP contribution in [0, 0.1) is 0 Å². The molecule has 0 radical (unpaired) electrons. The third kappa shape index (κ3) is 4.63. The van der Waals surface area contributed by atoms with E-state index >= 15 is 0 Å². The lowest BCUT2D eigenvalue weighted by Crippen LogP contribution is -2.39. The number of halogens is 2. The highest BCUT2D eigenvalue weighted by atomic mass is 35.5. The van der Waals surface area contributed by atoms with Gasteiger partial charge in [-0.25, -0.2) is 0 Å². The molecule has 0 spiro atoms. The summed E-state index contributed by atoms with van der Waals surface area (Å²) in [6.45, 7) is 5.50. The molecule has 0 bridgehead atoms. The zero-order valence-corrected chi connectivity index (χ0v) is 18.0. The average molecular weight is 438 g/mol. The van der Waals surface area contributed by atoms with Crippen molar-refractivity contribution in [1.29, 1.82) is 0 Å². The molecule has 5 nitrogen and oxygen atoms in total. The Balaban J connectivity index is 2.14. The van der Waals surface area contributed by atoms with E-state index in [4.69, 9.17) is 32.7 Å². The molecule has 2 atom stereocenters. The van der Waals surface area contributed by atoms with Crippen LogP contribution in [-0.4, -0.2) is 41.8 Å². The fourth-order valence-corrected chi connectivity index (χ4v) is 4.29. The van der Waals surface area contributed by atoms with Crippen molar-refractivity contribution >= 4 is 29.2 Å². The van der Waals surface area contributed by atoms with E-state index in [-0.39, 0.29) is 6.04 Å². The van der Waals surface area contributed by atoms with Crippen molar-refractivity contribution in [3.05, 3.63) is 57.6 Å². The van der Waals surface area contributed by atoms with Gasteiger partial charge in [-0.2, -0.15) is 0 Å². The number of ether oxygens (including phenoxy) is 2. The van der Waals surface area contributed by atoms with Crippen molar-refractivity contribution in [2.24, 2.45) is 0 Å². The molecule has 7 heteroatoms. The molecule has 1 N–H and O–H groups in total. The van der Waals surface area contributed by atoms with Crippen LogP contribution in [0.2, 0.25) is 10.0 Å². The number of likely N-dealkylation sites (tertiary alicyclic amines) is 1. The zero-order valence-electron chi connectivity index (χ0n) is 16.5. The SMILES string of the molecule is CCOc1ccc(C(c2cccc(Cl)c2Cl)N2CCCC2C(=O)O)cc1OCC. The third-order valence-electron chi connectivity index (χ3n) is 5.07. The summed E-state index contributed by atoms with van der Waals surface area (Å²) in [5, 5.41) is 10.6. The quantitative estimate of drug-likeness (QED) is 0.596. The van der Waals surface area contributed by atoms with Gasteiger partial charge in [-0.1, -0.05) is 41.4 Å². The molecule has 0 amide bonds. The van der Waals surface area contributed by atoms with Crippen LogP contribution in [-0.2, 0) is 4.79 Å². The van der Waals surface area contributed by atoms with Crippen LogP contribution in [0.3, 0.4) is 0 Å². The maximum absolute atomic E-state index is 11.9. The normalized spacial score (nSPS) is 17.9. The lowest BCUT2D eigenvalue weighted by Gasteiger charge is -2.33. The zero-order chi connectivity index (χ0) is 21.0. The van der Waals surface area contributed by atoms with Gasteiger partial charge in [0.25, 0.3) is 0 Å². The lowest BCUT2D eigenvalue weighted by molar-refractivity contribution is -0.142. The van der Waals surface area contributed by atoms with Gasteiger partial charge in [0, 0.05) is 6.54 Å². The molecule has 1 heterocycles. The molecule has 3 rings (SSSR count). The van der Waals surface area contributed by atoms with Gasteiger partial charge in [0.1, 0.15) is 6.04 Å². The fraction of sp³-hybridized carbons (Fsp3) is 0.409. The Morgan fingerprint density at radius 1 is 1.17 bits per heavy atom. The Morgan fingerprint density at radius 2 is 1.90 bits per heavy atom. The molecule has 2 aromatic rings. The van der Waals surface area contributed by atoms with Crippen molar-refractivity contribution in [2.75, 3.05) is 19.8 Å². The van der Waals surface area contributed by atoms with Crippen molar-refractivity contribution in [2.45, 2.75) is 38.8 Å². The van der Waals surface area contributed by atoms with Gasteiger partial charge in [0.05, 0.1) is 29.3 Å². The number of benzene rings is 2. The minimum atomic E-state index is -0.832. The van der Waals surface area contributed by atoms with Gasteiger partial charge in [-0.05, 0) is 56.0 Å². The van der Waals surface area contributed by atoms with E-state index in [0.717, 1.165) is 17.5 Å². The van der Waals surface area contributed by atoms with E-state index in [9.17, 15) is 9.90 Å². The van der Waals surface area contributed by atoms with Crippen molar-refractivity contribution in [3.63, 3.8) is 0 Å². The van der Waals surface area contributed by atoms with Crippen molar-refractivity contribution in [3.8, 4) is 11.5 Å². The van der Waals surface area contributed by atoms with Gasteiger partial charge in [0.2, 0.25) is 0 Å². The lowest BCUT2D eigenvalue weighted by atomic mass is 9.95. The van der Waals surface area contributed by atoms with Gasteiger partial charge in [-0.3, -0.25) is 9.69 Å². The molecule has 0 saturated carbocycles. The van der Waals surface area contributed by atoms with Crippen molar-refractivity contribution in [1.82, 2.24) is 4.90 Å². The van der Waals surface area contributed by atoms with E-state index in [0.29, 0.717) is 47.7 Å². The standard InChI is InChI=1S/C22H25Cl2NO4/c1-3-28-18-11-10-14(13-19(18)29-4-2)21(15-7-5-8-16(23)20(15)24)25-12-6-9-17(25)22(26)27/h5,7-8,10-11,13,17,21H,3-4,6,9,12H2,1-2H3,(H,26,27). The first-order valence-electron chi connectivity index (χ1n) is 9.79. The molecule has 1 saturated heterocycles. The summed E-state index contributed by atoms with van der Waals surface area (Å²) in [4.78, 5) is 13.9. The topological polar surface area (TPSA) is 59.0 Å². The van der Waals surface area contributed by atoms with E-state index in [1.165, 1.54) is 0 Å². The summed E-state index contributed by atoms with van der Waals surface area (Å²) in [7, 11) is 0. The van der Waals surface area contributed by atoms with Crippen LogP contribution in [0.25, 0.3) is 0 Å². The second-order valence-electron chi connectivity index (χ2n) is 6.85. The minimum absolute atomic E-state index is 0.361. The molecule has 2 aromatic carbocycles. The van der Waals surface area contributed by atoms with Crippen LogP contribution in [0.5, 0.6) is 11.5 Å². The summed E-state index contributed by atoms with van der Waals surface area (Å²) in [6.07, 6.45) is 1.40. The smallest absolute Gasteiger partial charge is 0.320 e. The molecule has 1 aliphatic rings. The van der Waals surface area contributed by atoms with Crippen molar-refractivity contribution < 1.29 is 19.4 Å². The maximum Gasteiger partial charge on any atom is 0.320 e. The Hall–Kier alpha value is -1.95. The molecule has 1 fully saturated rings. The Morgan fingerprint density at radius 3 is 2.59 bits per heavy atom. The monoisotopic (exact) mass is 437 g/mol. The van der Waals surface area contributed by atoms with Gasteiger partial charge in [0.15, 0.2) is 11.5 Å². The van der Waals surface area contributed by atoms with Gasteiger partial charge >= 0.3 is 5.97 Å². The molecule has 0 aromatic heterocycles. The highest BCUT2D eigenvalue weighted by Crippen LogP contribution is 2.42. The average Bonchev–Trinajstić information content (AvgIpc) is 3.17. The number of rotatable bonds is 8. The highest BCUT2D eigenvalue weighted by Gasteiger charge is 2.38. The molecule has 1 aliphatic heterocycles. The van der Waals surface area contributed by atoms with E-state index in [2.05, 4.69) is 0 Å². The largest absolute Gasteiger partial charge is 0.490 e. The Kier molecular flexibility index (Phi) is 7.28. The summed E-state index contributed by atoms with van der Waals surface area (Å²) in [5.74, 6) is 0.452. The first kappa shape index (κ1) is 21.8. The van der Waals surface area contributed by atoms with Crippen LogP contribution in [0.1, 0.15) is 43.9 Å². The summed E-state index contributed by atoms with van der Waals surface area (Å²) in [5.41, 5.74) is 1.66. The number of hydrogen-bond acceptors (Lipinski definition) is 4. The third-order valence-corrected chi connectivity index (χ3v) is 5.90. The first-order chi connectivity index (χ1) is 14.0. The van der Waals surface area contributed by atoms with Crippen LogP contribution < -0.4 is 9.47 Å². The molecular weight excluding hydrogens is 413 g/mol. The first-order valence-corrected chi connectivity index (χ1v) is 10.6. The number of carboxylic acid groups (broad SMARTS) is 1. The van der Waals surface area contributed by atoms with E-state index in [1.54, 1.807) is 6.07 Å². The van der Waals surface area contributed by atoms with Crippen LogP contribution >= 0.6 is 23.2 Å². The predicted molar refractivity (Wildman–Crippen MR) is 114 cm³/mol. The number of carbonyl (C=O) groups is 1. The summed E-state index contributed by atoms with van der Waals surface area (Å²) < 4.78 is 11.5.